The van der Waals surface area contributed by atoms with E-state index in [0.717, 1.165) is 24.2 Å². The summed E-state index contributed by atoms with van der Waals surface area (Å²) in [7, 11) is 1.60. The summed E-state index contributed by atoms with van der Waals surface area (Å²) in [6, 6.07) is 9.09. The van der Waals surface area contributed by atoms with Gasteiger partial charge in [0.05, 0.1) is 18.1 Å². The van der Waals surface area contributed by atoms with Gasteiger partial charge in [0, 0.05) is 37.6 Å². The summed E-state index contributed by atoms with van der Waals surface area (Å²) < 4.78 is 6.92. The lowest BCUT2D eigenvalue weighted by atomic mass is 9.85. The van der Waals surface area contributed by atoms with Crippen LogP contribution in [0.15, 0.2) is 47.5 Å². The van der Waals surface area contributed by atoms with E-state index in [4.69, 9.17) is 4.74 Å². The van der Waals surface area contributed by atoms with Crippen molar-refractivity contribution in [2.75, 3.05) is 20.2 Å². The fraction of sp³-hybridized carbons (Fsp3) is 0.348. The maximum absolute atomic E-state index is 13.2. The first-order valence-electron chi connectivity index (χ1n) is 10.3. The van der Waals surface area contributed by atoms with Crippen LogP contribution in [0.1, 0.15) is 34.6 Å². The zero-order chi connectivity index (χ0) is 21.6. The molecule has 2 aliphatic heterocycles. The molecule has 0 saturated carbocycles. The van der Waals surface area contributed by atoms with Gasteiger partial charge in [0.25, 0.3) is 11.5 Å². The van der Waals surface area contributed by atoms with E-state index in [2.05, 4.69) is 15.2 Å². The van der Waals surface area contributed by atoms with Crippen molar-refractivity contribution in [1.29, 1.82) is 0 Å². The summed E-state index contributed by atoms with van der Waals surface area (Å²) in [6.07, 6.45) is 4.89. The second-order valence-corrected chi connectivity index (χ2v) is 8.32. The predicted molar refractivity (Wildman–Crippen MR) is 114 cm³/mol. The van der Waals surface area contributed by atoms with E-state index in [-0.39, 0.29) is 16.9 Å². The molecule has 4 heterocycles. The van der Waals surface area contributed by atoms with Gasteiger partial charge in [-0.2, -0.15) is 0 Å². The van der Waals surface area contributed by atoms with Gasteiger partial charge in [-0.05, 0) is 55.7 Å². The molecule has 0 radical (unpaired) electrons. The number of aromatic nitrogens is 4. The summed E-state index contributed by atoms with van der Waals surface area (Å²) in [5, 5.41) is 8.78. The number of rotatable bonds is 3. The van der Waals surface area contributed by atoms with Crippen LogP contribution in [0.4, 0.5) is 0 Å². The van der Waals surface area contributed by atoms with Crippen molar-refractivity contribution in [3.05, 3.63) is 70.0 Å². The molecule has 2 aromatic heterocycles. The number of hydrogen-bond acceptors (Lipinski definition) is 6. The van der Waals surface area contributed by atoms with Gasteiger partial charge in [-0.25, -0.2) is 0 Å². The van der Waals surface area contributed by atoms with Gasteiger partial charge in [0.2, 0.25) is 0 Å². The van der Waals surface area contributed by atoms with Crippen LogP contribution in [-0.4, -0.2) is 50.8 Å². The zero-order valence-corrected chi connectivity index (χ0v) is 17.5. The molecule has 8 nitrogen and oxygen atoms in total. The van der Waals surface area contributed by atoms with Crippen LogP contribution in [0.2, 0.25) is 0 Å². The molecule has 158 valence electrons. The van der Waals surface area contributed by atoms with E-state index < -0.39 is 0 Å². The molecular weight excluding hydrogens is 394 g/mol. The first-order valence-corrected chi connectivity index (χ1v) is 10.3. The minimum atomic E-state index is -0.322. The Labute approximate surface area is 179 Å². The summed E-state index contributed by atoms with van der Waals surface area (Å²) in [5.41, 5.74) is 2.13. The number of methoxy groups -OCH3 is 1. The van der Waals surface area contributed by atoms with Crippen molar-refractivity contribution in [3.63, 3.8) is 0 Å². The molecule has 1 saturated heterocycles. The largest absolute Gasteiger partial charge is 0.497 e. The first-order chi connectivity index (χ1) is 15.0. The van der Waals surface area contributed by atoms with E-state index in [1.54, 1.807) is 36.2 Å². The molecule has 0 N–H and O–H groups in total. The number of nitrogens with zero attached hydrogens (tertiary/aromatic N) is 5. The van der Waals surface area contributed by atoms with Gasteiger partial charge in [0.1, 0.15) is 11.6 Å². The molecule has 1 amide bonds. The van der Waals surface area contributed by atoms with Gasteiger partial charge < -0.3 is 9.64 Å². The summed E-state index contributed by atoms with van der Waals surface area (Å²) in [4.78, 5) is 32.1. The van der Waals surface area contributed by atoms with Gasteiger partial charge in [-0.1, -0.05) is 0 Å². The highest BCUT2D eigenvalue weighted by molar-refractivity contribution is 5.94. The van der Waals surface area contributed by atoms with Crippen molar-refractivity contribution < 1.29 is 9.53 Å². The number of hydrogen-bond donors (Lipinski definition) is 0. The zero-order valence-electron chi connectivity index (χ0n) is 17.5. The number of benzene rings is 1. The van der Waals surface area contributed by atoms with Crippen LogP contribution >= 0.6 is 0 Å². The standard InChI is InChI=1S/C23H23N5O3/c1-15-11-17(13-24-12-15)20(29)27-9-7-23(14-27)8-10-28-21(30)19(25-26-22(23)28)16-3-5-18(31-2)6-4-16/h3-6,11-13H,7-10,14H2,1-2H3. The van der Waals surface area contributed by atoms with Crippen LogP contribution in [0.5, 0.6) is 5.75 Å². The molecule has 2 aliphatic rings. The Kier molecular flexibility index (Phi) is 4.57. The maximum atomic E-state index is 13.2. The number of amides is 1. The number of likely N-dealkylation sites (tertiary alicyclic amines) is 1. The third-order valence-electron chi connectivity index (χ3n) is 6.36. The number of fused-ring (bicyclic) bond motifs is 2. The molecule has 3 aromatic rings. The van der Waals surface area contributed by atoms with E-state index in [1.165, 1.54) is 0 Å². The maximum Gasteiger partial charge on any atom is 0.280 e. The highest BCUT2D eigenvalue weighted by Gasteiger charge is 2.48. The third-order valence-corrected chi connectivity index (χ3v) is 6.36. The lowest BCUT2D eigenvalue weighted by Gasteiger charge is -2.23. The molecule has 8 heteroatoms. The molecule has 1 aromatic carbocycles. The molecule has 1 spiro atoms. The number of aryl methyl sites for hydroxylation is 1. The van der Waals surface area contributed by atoms with Crippen molar-refractivity contribution in [1.82, 2.24) is 24.6 Å². The van der Waals surface area contributed by atoms with Crippen LogP contribution in [0.25, 0.3) is 11.3 Å². The average molecular weight is 417 g/mol. The number of carbonyl (C=O) groups is 1. The summed E-state index contributed by atoms with van der Waals surface area (Å²) in [5.74, 6) is 1.38. The van der Waals surface area contributed by atoms with E-state index in [9.17, 15) is 9.59 Å². The molecule has 0 bridgehead atoms. The Morgan fingerprint density at radius 1 is 1.10 bits per heavy atom. The van der Waals surface area contributed by atoms with Crippen LogP contribution in [0.3, 0.4) is 0 Å². The van der Waals surface area contributed by atoms with Crippen molar-refractivity contribution in [2.24, 2.45) is 0 Å². The molecule has 0 aliphatic carbocycles. The Morgan fingerprint density at radius 2 is 1.87 bits per heavy atom. The van der Waals surface area contributed by atoms with E-state index >= 15 is 0 Å². The molecule has 1 atom stereocenters. The van der Waals surface area contributed by atoms with Gasteiger partial charge in [0.15, 0.2) is 5.69 Å². The molecule has 5 rings (SSSR count). The molecule has 1 fully saturated rings. The lowest BCUT2D eigenvalue weighted by Crippen LogP contribution is -2.35. The highest BCUT2D eigenvalue weighted by Crippen LogP contribution is 2.41. The van der Waals surface area contributed by atoms with Crippen molar-refractivity contribution in [2.45, 2.75) is 31.7 Å². The van der Waals surface area contributed by atoms with Crippen LogP contribution < -0.4 is 10.3 Å². The second-order valence-electron chi connectivity index (χ2n) is 8.32. The van der Waals surface area contributed by atoms with Crippen LogP contribution in [-0.2, 0) is 12.0 Å². The Hall–Kier alpha value is -3.55. The SMILES string of the molecule is COc1ccc(-c2nnc3n(c2=O)CCC32CCN(C(=O)c3cncc(C)c3)C2)cc1. The number of carbonyl (C=O) groups excluding carboxylic acids is 1. The Morgan fingerprint density at radius 3 is 2.61 bits per heavy atom. The molecular formula is C23H23N5O3. The Bertz CT molecular complexity index is 1220. The van der Waals surface area contributed by atoms with E-state index in [1.807, 2.05) is 30.0 Å². The monoisotopic (exact) mass is 417 g/mol. The average Bonchev–Trinajstić information content (AvgIpc) is 3.39. The van der Waals surface area contributed by atoms with Crippen molar-refractivity contribution in [3.8, 4) is 17.0 Å². The molecule has 1 unspecified atom stereocenters. The highest BCUT2D eigenvalue weighted by atomic mass is 16.5. The lowest BCUT2D eigenvalue weighted by molar-refractivity contribution is 0.0782. The predicted octanol–water partition coefficient (Wildman–Crippen LogP) is 2.20. The van der Waals surface area contributed by atoms with Crippen molar-refractivity contribution >= 4 is 5.91 Å². The second kappa shape index (κ2) is 7.30. The van der Waals surface area contributed by atoms with Gasteiger partial charge in [-0.3, -0.25) is 19.1 Å². The fourth-order valence-corrected chi connectivity index (χ4v) is 4.67. The summed E-state index contributed by atoms with van der Waals surface area (Å²) in [6.45, 7) is 3.67. The fourth-order valence-electron chi connectivity index (χ4n) is 4.67. The smallest absolute Gasteiger partial charge is 0.280 e. The number of pyridine rings is 1. The number of ether oxygens (including phenoxy) is 1. The topological polar surface area (TPSA) is 90.2 Å². The summed E-state index contributed by atoms with van der Waals surface area (Å²) >= 11 is 0. The molecule has 31 heavy (non-hydrogen) atoms. The van der Waals surface area contributed by atoms with Gasteiger partial charge in [-0.15, -0.1) is 10.2 Å². The van der Waals surface area contributed by atoms with E-state index in [0.29, 0.717) is 42.3 Å². The quantitative estimate of drug-likeness (QED) is 0.649. The normalized spacial score (nSPS) is 19.6. The van der Waals surface area contributed by atoms with Gasteiger partial charge >= 0.3 is 0 Å². The Balaban J connectivity index is 1.44. The minimum Gasteiger partial charge on any atom is -0.497 e. The minimum absolute atomic E-state index is 0.0308. The van der Waals surface area contributed by atoms with Crippen LogP contribution in [0, 0.1) is 6.92 Å². The third kappa shape index (κ3) is 3.19. The first kappa shape index (κ1) is 19.4.